The van der Waals surface area contributed by atoms with Gasteiger partial charge in [-0.2, -0.15) is 0 Å². The van der Waals surface area contributed by atoms with Gasteiger partial charge >= 0.3 is 0 Å². The predicted octanol–water partition coefficient (Wildman–Crippen LogP) is 1.88. The van der Waals surface area contributed by atoms with Crippen LogP contribution in [0.5, 0.6) is 0 Å². The zero-order valence-electron chi connectivity index (χ0n) is 10.9. The lowest BCUT2D eigenvalue weighted by atomic mass is 10.1. The van der Waals surface area contributed by atoms with E-state index in [1.807, 2.05) is 25.1 Å². The highest BCUT2D eigenvalue weighted by Crippen LogP contribution is 2.27. The van der Waals surface area contributed by atoms with Gasteiger partial charge in [0.15, 0.2) is 0 Å². The fourth-order valence-electron chi connectivity index (χ4n) is 2.40. The topological polar surface area (TPSA) is 26.7 Å². The van der Waals surface area contributed by atoms with Gasteiger partial charge in [0.2, 0.25) is 0 Å². The number of likely N-dealkylation sites (N-methyl/N-ethyl adjacent to an activating group) is 1. The number of hydrogen-bond acceptors (Lipinski definition) is 3. The molecule has 1 unspecified atom stereocenters. The molecule has 0 bridgehead atoms. The van der Waals surface area contributed by atoms with Gasteiger partial charge in [-0.1, -0.05) is 18.2 Å². The summed E-state index contributed by atoms with van der Waals surface area (Å²) >= 11 is 0. The lowest BCUT2D eigenvalue weighted by Gasteiger charge is -2.40. The van der Waals surface area contributed by atoms with Crippen LogP contribution in [-0.4, -0.2) is 42.7 Å². The third kappa shape index (κ3) is 2.61. The van der Waals surface area contributed by atoms with Gasteiger partial charge in [0, 0.05) is 36.9 Å². The van der Waals surface area contributed by atoms with Crippen molar-refractivity contribution in [3.05, 3.63) is 29.8 Å². The second-order valence-corrected chi connectivity index (χ2v) is 5.01. The van der Waals surface area contributed by atoms with Crippen LogP contribution in [0.25, 0.3) is 0 Å². The molecule has 1 saturated heterocycles. The van der Waals surface area contributed by atoms with E-state index in [0.717, 1.165) is 25.2 Å². The first kappa shape index (κ1) is 12.4. The minimum Gasteiger partial charge on any atom is -0.389 e. The quantitative estimate of drug-likeness (QED) is 0.846. The summed E-state index contributed by atoms with van der Waals surface area (Å²) < 4.78 is 0. The highest BCUT2D eigenvalue weighted by Gasteiger charge is 2.22. The lowest BCUT2D eigenvalue weighted by molar-refractivity contribution is 0.198. The summed E-state index contributed by atoms with van der Waals surface area (Å²) in [5, 5.41) is 9.82. The van der Waals surface area contributed by atoms with Crippen molar-refractivity contribution in [2.24, 2.45) is 0 Å². The Hall–Kier alpha value is -1.06. The Labute approximate surface area is 104 Å². The molecule has 1 fully saturated rings. The molecule has 0 saturated carbocycles. The number of piperazine rings is 1. The lowest BCUT2D eigenvalue weighted by Crippen LogP contribution is -2.50. The van der Waals surface area contributed by atoms with E-state index in [0.29, 0.717) is 6.04 Å². The number of aliphatic hydroxyl groups excluding tert-OH is 1. The summed E-state index contributed by atoms with van der Waals surface area (Å²) in [6.07, 6.45) is -0.402. The second-order valence-electron chi connectivity index (χ2n) is 5.01. The molecule has 3 heteroatoms. The van der Waals surface area contributed by atoms with Gasteiger partial charge in [-0.3, -0.25) is 0 Å². The van der Waals surface area contributed by atoms with Crippen molar-refractivity contribution >= 4 is 5.69 Å². The summed E-state index contributed by atoms with van der Waals surface area (Å²) in [6.45, 7) is 7.22. The number of para-hydroxylation sites is 1. The molecule has 2 rings (SSSR count). The van der Waals surface area contributed by atoms with E-state index in [1.54, 1.807) is 0 Å². The van der Waals surface area contributed by atoms with E-state index < -0.39 is 6.10 Å². The van der Waals surface area contributed by atoms with E-state index in [-0.39, 0.29) is 0 Å². The van der Waals surface area contributed by atoms with E-state index >= 15 is 0 Å². The largest absolute Gasteiger partial charge is 0.389 e. The molecule has 1 heterocycles. The van der Waals surface area contributed by atoms with E-state index in [2.05, 4.69) is 29.8 Å². The number of rotatable bonds is 2. The van der Waals surface area contributed by atoms with Crippen LogP contribution in [0, 0.1) is 0 Å². The fourth-order valence-corrected chi connectivity index (χ4v) is 2.40. The van der Waals surface area contributed by atoms with Gasteiger partial charge in [0.05, 0.1) is 6.10 Å². The maximum atomic E-state index is 9.82. The first-order valence-electron chi connectivity index (χ1n) is 6.31. The highest BCUT2D eigenvalue weighted by atomic mass is 16.3. The van der Waals surface area contributed by atoms with Crippen molar-refractivity contribution in [3.63, 3.8) is 0 Å². The van der Waals surface area contributed by atoms with Crippen molar-refractivity contribution in [2.75, 3.05) is 31.6 Å². The Morgan fingerprint density at radius 1 is 1.29 bits per heavy atom. The summed E-state index contributed by atoms with van der Waals surface area (Å²) in [6, 6.07) is 8.73. The molecular weight excluding hydrogens is 212 g/mol. The molecule has 1 aromatic carbocycles. The van der Waals surface area contributed by atoms with Gasteiger partial charge in [0.1, 0.15) is 0 Å². The Bertz CT molecular complexity index is 378. The van der Waals surface area contributed by atoms with Gasteiger partial charge in [-0.05, 0) is 27.0 Å². The first-order valence-corrected chi connectivity index (χ1v) is 6.31. The molecule has 0 aliphatic carbocycles. The molecule has 0 spiro atoms. The van der Waals surface area contributed by atoms with Crippen LogP contribution in [0.15, 0.2) is 24.3 Å². The molecule has 3 nitrogen and oxygen atoms in total. The molecule has 1 N–H and O–H groups in total. The van der Waals surface area contributed by atoms with Gasteiger partial charge < -0.3 is 14.9 Å². The van der Waals surface area contributed by atoms with E-state index in [9.17, 15) is 5.11 Å². The number of anilines is 1. The first-order chi connectivity index (χ1) is 8.09. The standard InChI is InChI=1S/C14H22N2O/c1-11-10-16(9-8-15(11)3)14-7-5-4-6-13(14)12(2)17/h4-7,11-12,17H,8-10H2,1-3H3/t11?,12-/m1/s1. The summed E-state index contributed by atoms with van der Waals surface area (Å²) in [7, 11) is 2.17. The Morgan fingerprint density at radius 3 is 2.65 bits per heavy atom. The van der Waals surface area contributed by atoms with Gasteiger partial charge in [-0.15, -0.1) is 0 Å². The number of hydrogen-bond donors (Lipinski definition) is 1. The molecule has 1 aliphatic rings. The van der Waals surface area contributed by atoms with Crippen LogP contribution >= 0.6 is 0 Å². The van der Waals surface area contributed by atoms with Crippen molar-refractivity contribution in [2.45, 2.75) is 26.0 Å². The maximum Gasteiger partial charge on any atom is 0.0781 e. The van der Waals surface area contributed by atoms with Crippen LogP contribution in [0.3, 0.4) is 0 Å². The molecule has 17 heavy (non-hydrogen) atoms. The van der Waals surface area contributed by atoms with Gasteiger partial charge in [0.25, 0.3) is 0 Å². The van der Waals surface area contributed by atoms with E-state index in [4.69, 9.17) is 0 Å². The van der Waals surface area contributed by atoms with E-state index in [1.165, 1.54) is 5.69 Å². The average Bonchev–Trinajstić information content (AvgIpc) is 2.32. The van der Waals surface area contributed by atoms with Crippen LogP contribution in [0.1, 0.15) is 25.5 Å². The fraction of sp³-hybridized carbons (Fsp3) is 0.571. The molecule has 0 radical (unpaired) electrons. The molecule has 0 amide bonds. The summed E-state index contributed by atoms with van der Waals surface area (Å²) in [4.78, 5) is 4.76. The average molecular weight is 234 g/mol. The molecule has 1 aromatic rings. The van der Waals surface area contributed by atoms with Crippen molar-refractivity contribution in [1.82, 2.24) is 4.90 Å². The van der Waals surface area contributed by atoms with Crippen molar-refractivity contribution in [3.8, 4) is 0 Å². The monoisotopic (exact) mass is 234 g/mol. The van der Waals surface area contributed by atoms with Crippen LogP contribution in [0.4, 0.5) is 5.69 Å². The molecule has 0 aromatic heterocycles. The van der Waals surface area contributed by atoms with Crippen LogP contribution < -0.4 is 4.90 Å². The van der Waals surface area contributed by atoms with Gasteiger partial charge in [-0.25, -0.2) is 0 Å². The minimum absolute atomic E-state index is 0.402. The van der Waals surface area contributed by atoms with Crippen LogP contribution in [-0.2, 0) is 0 Å². The smallest absolute Gasteiger partial charge is 0.0781 e. The Morgan fingerprint density at radius 2 is 2.00 bits per heavy atom. The summed E-state index contributed by atoms with van der Waals surface area (Å²) in [5.41, 5.74) is 2.21. The number of benzene rings is 1. The highest BCUT2D eigenvalue weighted by molar-refractivity contribution is 5.55. The normalized spacial score (nSPS) is 23.8. The third-order valence-electron chi connectivity index (χ3n) is 3.69. The molecule has 94 valence electrons. The van der Waals surface area contributed by atoms with Crippen molar-refractivity contribution in [1.29, 1.82) is 0 Å². The second kappa shape index (κ2) is 5.07. The van der Waals surface area contributed by atoms with Crippen molar-refractivity contribution < 1.29 is 5.11 Å². The molecule has 2 atom stereocenters. The Kier molecular flexibility index (Phi) is 3.69. The Balaban J connectivity index is 2.22. The zero-order valence-corrected chi connectivity index (χ0v) is 10.9. The number of nitrogens with zero attached hydrogens (tertiary/aromatic N) is 2. The predicted molar refractivity (Wildman–Crippen MR) is 71.4 cm³/mol. The molecular formula is C14H22N2O. The SMILES string of the molecule is CC1CN(c2ccccc2[C@@H](C)O)CCN1C. The zero-order chi connectivity index (χ0) is 12.4. The number of aliphatic hydroxyl groups is 1. The minimum atomic E-state index is -0.402. The third-order valence-corrected chi connectivity index (χ3v) is 3.69. The summed E-state index contributed by atoms with van der Waals surface area (Å²) in [5.74, 6) is 0. The van der Waals surface area contributed by atoms with Crippen LogP contribution in [0.2, 0.25) is 0 Å². The molecule has 1 aliphatic heterocycles. The maximum absolute atomic E-state index is 9.82.